The predicted octanol–water partition coefficient (Wildman–Crippen LogP) is 4.63. The Balaban J connectivity index is 1.37. The average Bonchev–Trinajstić information content (AvgIpc) is 3.57. The van der Waals surface area contributed by atoms with Crippen molar-refractivity contribution in [1.82, 2.24) is 34.9 Å². The van der Waals surface area contributed by atoms with E-state index in [0.29, 0.717) is 49.6 Å². The number of carbonyl (C=O) groups is 1. The Kier molecular flexibility index (Phi) is 8.86. The second kappa shape index (κ2) is 13.0. The number of carbonyl (C=O) groups excluding carboxylic acids is 1. The molecule has 0 saturated carbocycles. The minimum atomic E-state index is -4.71. The molecule has 0 spiro atoms. The van der Waals surface area contributed by atoms with E-state index in [1.54, 1.807) is 19.2 Å². The fraction of sp³-hybridized carbons (Fsp3) is 0.394. The molecule has 4 aromatic rings. The van der Waals surface area contributed by atoms with Gasteiger partial charge in [0.1, 0.15) is 5.75 Å². The van der Waals surface area contributed by atoms with Crippen molar-refractivity contribution >= 4 is 5.91 Å². The number of rotatable bonds is 8. The van der Waals surface area contributed by atoms with Gasteiger partial charge in [-0.05, 0) is 39.8 Å². The van der Waals surface area contributed by atoms with Gasteiger partial charge < -0.3 is 9.64 Å². The van der Waals surface area contributed by atoms with E-state index >= 15 is 0 Å². The predicted molar refractivity (Wildman–Crippen MR) is 162 cm³/mol. The zero-order valence-corrected chi connectivity index (χ0v) is 25.3. The van der Waals surface area contributed by atoms with Crippen LogP contribution >= 0.6 is 0 Å². The molecular formula is C33H36F3N7O2. The topological polar surface area (TPSA) is 79.6 Å². The van der Waals surface area contributed by atoms with E-state index in [9.17, 15) is 18.0 Å². The van der Waals surface area contributed by atoms with Gasteiger partial charge in [0.05, 0.1) is 12.8 Å². The molecule has 1 aromatic heterocycles. The van der Waals surface area contributed by atoms with E-state index in [4.69, 9.17) is 4.74 Å². The molecule has 3 aromatic carbocycles. The van der Waals surface area contributed by atoms with Gasteiger partial charge in [0.25, 0.3) is 5.82 Å². The van der Waals surface area contributed by atoms with Gasteiger partial charge in [0.2, 0.25) is 5.91 Å². The number of piperazine rings is 2. The van der Waals surface area contributed by atoms with E-state index in [1.807, 2.05) is 24.0 Å². The molecule has 45 heavy (non-hydrogen) atoms. The smallest absolute Gasteiger partial charge is 0.453 e. The van der Waals surface area contributed by atoms with Crippen molar-refractivity contribution in [1.29, 1.82) is 0 Å². The van der Waals surface area contributed by atoms with Gasteiger partial charge in [-0.3, -0.25) is 14.6 Å². The van der Waals surface area contributed by atoms with Crippen LogP contribution in [0.2, 0.25) is 0 Å². The summed E-state index contributed by atoms with van der Waals surface area (Å²) in [4.78, 5) is 19.6. The molecule has 3 heterocycles. The molecule has 0 N–H and O–H groups in total. The van der Waals surface area contributed by atoms with Crippen LogP contribution in [0.5, 0.6) is 5.75 Å². The number of aromatic nitrogens is 4. The number of amides is 1. The van der Waals surface area contributed by atoms with E-state index in [2.05, 4.69) is 73.9 Å². The van der Waals surface area contributed by atoms with Crippen LogP contribution in [0, 0.1) is 0 Å². The van der Waals surface area contributed by atoms with Crippen molar-refractivity contribution in [2.24, 2.45) is 0 Å². The van der Waals surface area contributed by atoms with Crippen LogP contribution in [0.4, 0.5) is 13.2 Å². The van der Waals surface area contributed by atoms with Gasteiger partial charge >= 0.3 is 6.18 Å². The first-order valence-electron chi connectivity index (χ1n) is 15.2. The van der Waals surface area contributed by atoms with Gasteiger partial charge in [0.15, 0.2) is 0 Å². The minimum Gasteiger partial charge on any atom is -0.496 e. The number of ether oxygens (including phenoxy) is 1. The van der Waals surface area contributed by atoms with Crippen molar-refractivity contribution in [3.63, 3.8) is 0 Å². The highest BCUT2D eigenvalue weighted by Crippen LogP contribution is 2.37. The van der Waals surface area contributed by atoms with E-state index in [-0.39, 0.29) is 29.6 Å². The Morgan fingerprint density at radius 2 is 1.64 bits per heavy atom. The number of benzene rings is 3. The van der Waals surface area contributed by atoms with Crippen molar-refractivity contribution in [2.75, 3.05) is 39.8 Å². The van der Waals surface area contributed by atoms with Crippen molar-refractivity contribution in [3.05, 3.63) is 101 Å². The largest absolute Gasteiger partial charge is 0.496 e. The minimum absolute atomic E-state index is 0.0647. The van der Waals surface area contributed by atoms with Crippen LogP contribution in [0.15, 0.2) is 78.9 Å². The lowest BCUT2D eigenvalue weighted by molar-refractivity contribution is -0.146. The normalized spacial score (nSPS) is 19.5. The maximum absolute atomic E-state index is 13.6. The highest BCUT2D eigenvalue weighted by molar-refractivity contribution is 5.76. The third-order valence-electron chi connectivity index (χ3n) is 8.85. The van der Waals surface area contributed by atoms with Gasteiger partial charge in [-0.2, -0.15) is 17.9 Å². The Morgan fingerprint density at radius 1 is 0.956 bits per heavy atom. The lowest BCUT2D eigenvalue weighted by atomic mass is 9.81. The molecule has 2 aliphatic heterocycles. The highest BCUT2D eigenvalue weighted by atomic mass is 19.4. The quantitative estimate of drug-likeness (QED) is 0.285. The van der Waals surface area contributed by atoms with Crippen molar-refractivity contribution < 1.29 is 22.7 Å². The summed E-state index contributed by atoms with van der Waals surface area (Å²) in [7, 11) is 1.55. The Hall–Kier alpha value is -4.29. The summed E-state index contributed by atoms with van der Waals surface area (Å²) in [6.07, 6.45) is -4.25. The fourth-order valence-electron chi connectivity index (χ4n) is 6.84. The Labute approximate surface area is 260 Å². The Bertz CT molecular complexity index is 1560. The standard InChI is InChI=1S/C33H36F3N7O2/c1-3-30(44)41-16-17-42-27(21-41)20-40(22-28(42)31(23-10-6-4-7-11-23)24-12-8-5-9-13-24)19-25-18-26(14-15-29(25)45-2)43-32(33(34,35)36)37-38-39-43/h4-15,18,27-28,31H,3,16-17,19-22H2,1-2H3/t27-,28+/m1/s1. The molecule has 12 heteroatoms. The Morgan fingerprint density at radius 3 is 2.27 bits per heavy atom. The molecule has 2 saturated heterocycles. The molecule has 2 fully saturated rings. The summed E-state index contributed by atoms with van der Waals surface area (Å²) in [6.45, 7) is 5.78. The monoisotopic (exact) mass is 619 g/mol. The van der Waals surface area contributed by atoms with Gasteiger partial charge in [-0.1, -0.05) is 67.6 Å². The number of tetrazole rings is 1. The SMILES string of the molecule is CCC(=O)N1CCN2[C@H](CN(Cc3cc(-n4nnnc4C(F)(F)F)ccc3OC)C[C@H]2C(c2ccccc2)c2ccccc2)C1. The lowest BCUT2D eigenvalue weighted by Gasteiger charge is -2.53. The van der Waals surface area contributed by atoms with Crippen LogP contribution < -0.4 is 4.74 Å². The maximum Gasteiger partial charge on any atom is 0.453 e. The second-order valence-corrected chi connectivity index (χ2v) is 11.6. The lowest BCUT2D eigenvalue weighted by Crippen LogP contribution is -2.67. The molecule has 0 radical (unpaired) electrons. The maximum atomic E-state index is 13.6. The average molecular weight is 620 g/mol. The van der Waals surface area contributed by atoms with E-state index in [0.717, 1.165) is 12.1 Å². The van der Waals surface area contributed by atoms with Crippen LogP contribution in [0.25, 0.3) is 5.69 Å². The van der Waals surface area contributed by atoms with Gasteiger partial charge in [0, 0.05) is 69.3 Å². The molecule has 2 aliphatic rings. The zero-order chi connectivity index (χ0) is 31.6. The number of hydrogen-bond acceptors (Lipinski definition) is 7. The highest BCUT2D eigenvalue weighted by Gasteiger charge is 2.43. The molecule has 1 amide bonds. The van der Waals surface area contributed by atoms with Crippen molar-refractivity contribution in [2.45, 2.75) is 44.1 Å². The molecule has 2 atom stereocenters. The number of fused-ring (bicyclic) bond motifs is 1. The summed E-state index contributed by atoms with van der Waals surface area (Å²) in [5.41, 5.74) is 3.33. The summed E-state index contributed by atoms with van der Waals surface area (Å²) < 4.78 is 47.3. The molecule has 236 valence electrons. The molecule has 0 aliphatic carbocycles. The van der Waals surface area contributed by atoms with Crippen molar-refractivity contribution in [3.8, 4) is 11.4 Å². The first-order chi connectivity index (χ1) is 21.8. The summed E-state index contributed by atoms with van der Waals surface area (Å²) in [6, 6.07) is 25.9. The van der Waals surface area contributed by atoms with E-state index in [1.165, 1.54) is 17.2 Å². The molecular weight excluding hydrogens is 583 g/mol. The summed E-state index contributed by atoms with van der Waals surface area (Å²) >= 11 is 0. The number of hydrogen-bond donors (Lipinski definition) is 0. The molecule has 0 bridgehead atoms. The fourth-order valence-corrected chi connectivity index (χ4v) is 6.84. The van der Waals surface area contributed by atoms with Crippen LogP contribution in [0.3, 0.4) is 0 Å². The first-order valence-corrected chi connectivity index (χ1v) is 15.2. The molecule has 0 unspecified atom stereocenters. The first kappa shape index (κ1) is 30.7. The molecule has 6 rings (SSSR count). The summed E-state index contributed by atoms with van der Waals surface area (Å²) in [5, 5.41) is 10.1. The molecule has 9 nitrogen and oxygen atoms in total. The third-order valence-corrected chi connectivity index (χ3v) is 8.85. The third kappa shape index (κ3) is 6.43. The van der Waals surface area contributed by atoms with E-state index < -0.39 is 12.0 Å². The number of methoxy groups -OCH3 is 1. The number of nitrogens with zero attached hydrogens (tertiary/aromatic N) is 7. The van der Waals surface area contributed by atoms with Crippen LogP contribution in [-0.2, 0) is 17.5 Å². The summed E-state index contributed by atoms with van der Waals surface area (Å²) in [5.74, 6) is -0.422. The number of halogens is 3. The van der Waals surface area contributed by atoms with Gasteiger partial charge in [-0.15, -0.1) is 5.10 Å². The van der Waals surface area contributed by atoms with Crippen LogP contribution in [0.1, 0.15) is 41.8 Å². The van der Waals surface area contributed by atoms with Crippen LogP contribution in [-0.4, -0.2) is 92.7 Å². The van der Waals surface area contributed by atoms with Gasteiger partial charge in [-0.25, -0.2) is 0 Å². The second-order valence-electron chi connectivity index (χ2n) is 11.6. The zero-order valence-electron chi connectivity index (χ0n) is 25.3. The number of alkyl halides is 3.